The Hall–Kier alpha value is -1.91. The molecule has 3 rings (SSSR count). The average molecular weight is 231 g/mol. The van der Waals surface area contributed by atoms with Crippen molar-refractivity contribution in [1.29, 1.82) is 0 Å². The van der Waals surface area contributed by atoms with Gasteiger partial charge in [-0.1, -0.05) is 12.8 Å². The number of aliphatic carboxylic acids is 1. The molecule has 1 fully saturated rings. The molecule has 5 nitrogen and oxygen atoms in total. The van der Waals surface area contributed by atoms with Crippen LogP contribution < -0.4 is 0 Å². The maximum Gasteiger partial charge on any atom is 0.315 e. The van der Waals surface area contributed by atoms with Crippen LogP contribution in [0.1, 0.15) is 31.4 Å². The number of nitrogens with zero attached hydrogens (tertiary/aromatic N) is 3. The Bertz CT molecular complexity index is 570. The molecule has 1 N–H and O–H groups in total. The van der Waals surface area contributed by atoms with Gasteiger partial charge in [-0.2, -0.15) is 0 Å². The minimum Gasteiger partial charge on any atom is -0.481 e. The van der Waals surface area contributed by atoms with Gasteiger partial charge in [0.25, 0.3) is 0 Å². The molecule has 5 heteroatoms. The molecule has 2 aromatic heterocycles. The summed E-state index contributed by atoms with van der Waals surface area (Å²) in [6.07, 6.45) is 10.1. The summed E-state index contributed by atoms with van der Waals surface area (Å²) in [5.41, 5.74) is 0.718. The lowest BCUT2D eigenvalue weighted by molar-refractivity contribution is -0.143. The third-order valence-corrected chi connectivity index (χ3v) is 3.67. The number of carboxylic acids is 1. The number of carboxylic acid groups (broad SMARTS) is 1. The zero-order valence-corrected chi connectivity index (χ0v) is 9.33. The predicted molar refractivity (Wildman–Crippen MR) is 60.8 cm³/mol. The average Bonchev–Trinajstić information content (AvgIpc) is 2.95. The quantitative estimate of drug-likeness (QED) is 0.852. The van der Waals surface area contributed by atoms with E-state index in [-0.39, 0.29) is 0 Å². The molecule has 0 atom stereocenters. The largest absolute Gasteiger partial charge is 0.481 e. The third kappa shape index (κ3) is 1.35. The van der Waals surface area contributed by atoms with Crippen molar-refractivity contribution in [3.05, 3.63) is 30.5 Å². The molecule has 0 radical (unpaired) electrons. The summed E-state index contributed by atoms with van der Waals surface area (Å²) in [6.45, 7) is 0. The smallest absolute Gasteiger partial charge is 0.315 e. The van der Waals surface area contributed by atoms with Crippen molar-refractivity contribution in [2.75, 3.05) is 0 Å². The van der Waals surface area contributed by atoms with Crippen molar-refractivity contribution < 1.29 is 9.90 Å². The van der Waals surface area contributed by atoms with E-state index in [9.17, 15) is 9.90 Å². The highest BCUT2D eigenvalue weighted by Gasteiger charge is 2.45. The van der Waals surface area contributed by atoms with Crippen LogP contribution in [0.4, 0.5) is 0 Å². The molecule has 1 aliphatic rings. The molecule has 0 bridgehead atoms. The maximum absolute atomic E-state index is 11.6. The van der Waals surface area contributed by atoms with Gasteiger partial charge in [-0.3, -0.25) is 9.78 Å². The van der Waals surface area contributed by atoms with E-state index in [2.05, 4.69) is 9.97 Å². The van der Waals surface area contributed by atoms with E-state index in [1.54, 1.807) is 24.8 Å². The molecule has 0 amide bonds. The molecular formula is C12H13N3O2. The molecule has 0 unspecified atom stereocenters. The maximum atomic E-state index is 11.6. The van der Waals surface area contributed by atoms with Crippen LogP contribution in [0.3, 0.4) is 0 Å². The highest BCUT2D eigenvalue weighted by atomic mass is 16.4. The van der Waals surface area contributed by atoms with Crippen molar-refractivity contribution in [3.63, 3.8) is 0 Å². The number of imidazole rings is 1. The first-order valence-corrected chi connectivity index (χ1v) is 5.75. The molecule has 0 saturated heterocycles. The van der Waals surface area contributed by atoms with E-state index in [0.717, 1.165) is 18.5 Å². The van der Waals surface area contributed by atoms with Crippen LogP contribution in [-0.4, -0.2) is 25.4 Å². The minimum absolute atomic E-state index is 0.693. The Morgan fingerprint density at radius 2 is 2.12 bits per heavy atom. The first-order valence-electron chi connectivity index (χ1n) is 5.75. The molecule has 0 aliphatic heterocycles. The lowest BCUT2D eigenvalue weighted by Crippen LogP contribution is -2.33. The molecule has 0 spiro atoms. The monoisotopic (exact) mass is 231 g/mol. The number of aromatic nitrogens is 3. The second-order valence-electron chi connectivity index (χ2n) is 4.54. The molecule has 88 valence electrons. The minimum atomic E-state index is -0.763. The number of carbonyl (C=O) groups is 1. The van der Waals surface area contributed by atoms with Gasteiger partial charge in [0.05, 0.1) is 18.1 Å². The van der Waals surface area contributed by atoms with E-state index in [1.165, 1.54) is 0 Å². The van der Waals surface area contributed by atoms with Gasteiger partial charge in [0.1, 0.15) is 5.41 Å². The number of fused-ring (bicyclic) bond motifs is 1. The van der Waals surface area contributed by atoms with Crippen LogP contribution in [0.25, 0.3) is 5.65 Å². The number of hydrogen-bond donors (Lipinski definition) is 1. The van der Waals surface area contributed by atoms with Crippen LogP contribution in [-0.2, 0) is 10.2 Å². The zero-order chi connectivity index (χ0) is 11.9. The zero-order valence-electron chi connectivity index (χ0n) is 9.33. The topological polar surface area (TPSA) is 67.5 Å². The fraction of sp³-hybridized carbons (Fsp3) is 0.417. The van der Waals surface area contributed by atoms with E-state index in [1.807, 2.05) is 4.40 Å². The summed E-state index contributed by atoms with van der Waals surface area (Å²) in [5.74, 6) is -0.742. The first-order chi connectivity index (χ1) is 8.24. The lowest BCUT2D eigenvalue weighted by Gasteiger charge is -2.23. The Labute approximate surface area is 98.1 Å². The van der Waals surface area contributed by atoms with Gasteiger partial charge >= 0.3 is 5.97 Å². The van der Waals surface area contributed by atoms with E-state index in [4.69, 9.17) is 0 Å². The predicted octanol–water partition coefficient (Wildman–Crippen LogP) is 1.63. The summed E-state index contributed by atoms with van der Waals surface area (Å²) >= 11 is 0. The molecule has 0 aromatic carbocycles. The fourth-order valence-corrected chi connectivity index (χ4v) is 2.75. The van der Waals surface area contributed by atoms with Crippen LogP contribution >= 0.6 is 0 Å². The second-order valence-corrected chi connectivity index (χ2v) is 4.54. The SMILES string of the molecule is O=C(O)C1(c2cnc3cnccn23)CCCC1. The fourth-order valence-electron chi connectivity index (χ4n) is 2.75. The Morgan fingerprint density at radius 1 is 1.35 bits per heavy atom. The summed E-state index contributed by atoms with van der Waals surface area (Å²) in [4.78, 5) is 19.8. The molecule has 2 aromatic rings. The van der Waals surface area contributed by atoms with Crippen LogP contribution in [0.2, 0.25) is 0 Å². The standard InChI is InChI=1S/C12H13N3O2/c16-11(17)12(3-1-2-4-12)9-7-14-10-8-13-5-6-15(9)10/h5-8H,1-4H2,(H,16,17). The molecule has 2 heterocycles. The van der Waals surface area contributed by atoms with Gasteiger partial charge in [0.2, 0.25) is 0 Å². The van der Waals surface area contributed by atoms with Crippen molar-refractivity contribution in [2.45, 2.75) is 31.1 Å². The van der Waals surface area contributed by atoms with Gasteiger partial charge < -0.3 is 9.51 Å². The highest BCUT2D eigenvalue weighted by Crippen LogP contribution is 2.41. The van der Waals surface area contributed by atoms with Crippen molar-refractivity contribution in [2.24, 2.45) is 0 Å². The normalized spacial score (nSPS) is 18.6. The molecule has 17 heavy (non-hydrogen) atoms. The van der Waals surface area contributed by atoms with Gasteiger partial charge in [0, 0.05) is 12.4 Å². The van der Waals surface area contributed by atoms with E-state index < -0.39 is 11.4 Å². The lowest BCUT2D eigenvalue weighted by atomic mass is 9.83. The summed E-state index contributed by atoms with van der Waals surface area (Å²) in [7, 11) is 0. The van der Waals surface area contributed by atoms with Crippen LogP contribution in [0, 0.1) is 0 Å². The Balaban J connectivity index is 2.22. The van der Waals surface area contributed by atoms with E-state index in [0.29, 0.717) is 18.5 Å². The molecular weight excluding hydrogens is 218 g/mol. The number of hydrogen-bond acceptors (Lipinski definition) is 3. The van der Waals surface area contributed by atoms with Gasteiger partial charge in [-0.05, 0) is 12.8 Å². The number of rotatable bonds is 2. The van der Waals surface area contributed by atoms with Gasteiger partial charge in [0.15, 0.2) is 5.65 Å². The van der Waals surface area contributed by atoms with Crippen molar-refractivity contribution in [1.82, 2.24) is 14.4 Å². The third-order valence-electron chi connectivity index (χ3n) is 3.67. The summed E-state index contributed by atoms with van der Waals surface area (Å²) < 4.78 is 1.84. The Morgan fingerprint density at radius 3 is 2.82 bits per heavy atom. The van der Waals surface area contributed by atoms with Crippen molar-refractivity contribution in [3.8, 4) is 0 Å². The summed E-state index contributed by atoms with van der Waals surface area (Å²) in [6, 6.07) is 0. The first kappa shape index (κ1) is 10.3. The van der Waals surface area contributed by atoms with Crippen LogP contribution in [0.15, 0.2) is 24.8 Å². The van der Waals surface area contributed by atoms with Crippen molar-refractivity contribution >= 4 is 11.6 Å². The second kappa shape index (κ2) is 3.55. The van der Waals surface area contributed by atoms with Crippen LogP contribution in [0.5, 0.6) is 0 Å². The summed E-state index contributed by atoms with van der Waals surface area (Å²) in [5, 5.41) is 9.54. The van der Waals surface area contributed by atoms with E-state index >= 15 is 0 Å². The molecule has 1 aliphatic carbocycles. The Kier molecular flexibility index (Phi) is 2.14. The van der Waals surface area contributed by atoms with Gasteiger partial charge in [-0.25, -0.2) is 4.98 Å². The highest BCUT2D eigenvalue weighted by molar-refractivity contribution is 5.81. The van der Waals surface area contributed by atoms with Gasteiger partial charge in [-0.15, -0.1) is 0 Å². The molecule has 1 saturated carbocycles.